The highest BCUT2D eigenvalue weighted by Crippen LogP contribution is 2.45. The van der Waals surface area contributed by atoms with E-state index in [9.17, 15) is 22.7 Å². The quantitative estimate of drug-likeness (QED) is 0.568. The topological polar surface area (TPSA) is 58.1 Å². The molecule has 4 nitrogen and oxygen atoms in total. The Kier molecular flexibility index (Phi) is 5.34. The largest absolute Gasteiger partial charge is 0.496 e. The number of halogens is 4. The van der Waals surface area contributed by atoms with E-state index in [-0.39, 0.29) is 11.3 Å². The van der Waals surface area contributed by atoms with Crippen LogP contribution in [-0.4, -0.2) is 34.0 Å². The van der Waals surface area contributed by atoms with Gasteiger partial charge in [0.05, 0.1) is 18.8 Å². The van der Waals surface area contributed by atoms with Crippen molar-refractivity contribution in [2.24, 2.45) is 0 Å². The summed E-state index contributed by atoms with van der Waals surface area (Å²) in [5.74, 6) is -0.326. The summed E-state index contributed by atoms with van der Waals surface area (Å²) in [6.45, 7) is 3.06. The van der Waals surface area contributed by atoms with Crippen LogP contribution in [-0.2, 0) is 11.8 Å². The molecule has 3 rings (SSSR count). The highest BCUT2D eigenvalue weighted by atomic mass is 19.4. The third-order valence-electron chi connectivity index (χ3n) is 5.20. The summed E-state index contributed by atoms with van der Waals surface area (Å²) >= 11 is 0. The van der Waals surface area contributed by atoms with Crippen LogP contribution in [0.15, 0.2) is 42.9 Å². The van der Waals surface area contributed by atoms with Gasteiger partial charge in [-0.1, -0.05) is 13.8 Å². The molecule has 0 aliphatic carbocycles. The van der Waals surface area contributed by atoms with Gasteiger partial charge in [-0.25, -0.2) is 4.39 Å². The molecule has 0 aliphatic rings. The molecule has 29 heavy (non-hydrogen) atoms. The molecule has 0 aliphatic heterocycles. The molecule has 8 heteroatoms. The summed E-state index contributed by atoms with van der Waals surface area (Å²) in [4.78, 5) is 6.80. The Hall–Kier alpha value is -2.61. The number of H-pyrrole nitrogens is 1. The number of methoxy groups -OCH3 is 1. The zero-order valence-electron chi connectivity index (χ0n) is 16.3. The fourth-order valence-electron chi connectivity index (χ4n) is 3.79. The molecule has 1 unspecified atom stereocenters. The van der Waals surface area contributed by atoms with E-state index in [4.69, 9.17) is 4.74 Å². The van der Waals surface area contributed by atoms with E-state index in [0.717, 1.165) is 6.07 Å². The standard InChI is InChI=1S/C21H22F4N2O2/c1-19(2,16-8-14(22)4-5-18(16)29-3)12-20(28,21(23,24)25)9-13-10-27-17-11-26-7-6-15(13)17/h4-8,10-11,27-28H,9,12H2,1-3H3. The van der Waals surface area contributed by atoms with Crippen LogP contribution in [0.25, 0.3) is 10.9 Å². The lowest BCUT2D eigenvalue weighted by Crippen LogP contribution is -2.50. The first-order valence-corrected chi connectivity index (χ1v) is 9.00. The number of pyridine rings is 1. The van der Waals surface area contributed by atoms with Crippen molar-refractivity contribution in [3.05, 3.63) is 59.8 Å². The summed E-state index contributed by atoms with van der Waals surface area (Å²) in [6.07, 6.45) is -1.80. The van der Waals surface area contributed by atoms with Crippen molar-refractivity contribution in [1.82, 2.24) is 9.97 Å². The maximum Gasteiger partial charge on any atom is 0.417 e. The van der Waals surface area contributed by atoms with Crippen molar-refractivity contribution in [3.63, 3.8) is 0 Å². The molecule has 0 saturated heterocycles. The Morgan fingerprint density at radius 2 is 1.90 bits per heavy atom. The van der Waals surface area contributed by atoms with E-state index >= 15 is 0 Å². The molecular formula is C21H22F4N2O2. The van der Waals surface area contributed by atoms with Gasteiger partial charge in [-0.3, -0.25) is 4.98 Å². The molecule has 0 radical (unpaired) electrons. The predicted molar refractivity (Wildman–Crippen MR) is 101 cm³/mol. The molecule has 156 valence electrons. The van der Waals surface area contributed by atoms with E-state index in [1.807, 2.05) is 0 Å². The molecule has 1 aromatic carbocycles. The Morgan fingerprint density at radius 3 is 2.55 bits per heavy atom. The van der Waals surface area contributed by atoms with Crippen molar-refractivity contribution in [2.75, 3.05) is 7.11 Å². The van der Waals surface area contributed by atoms with E-state index in [0.29, 0.717) is 16.5 Å². The molecule has 0 fully saturated rings. The number of ether oxygens (including phenoxy) is 1. The van der Waals surface area contributed by atoms with Gasteiger partial charge < -0.3 is 14.8 Å². The van der Waals surface area contributed by atoms with E-state index in [2.05, 4.69) is 9.97 Å². The third-order valence-corrected chi connectivity index (χ3v) is 5.20. The molecular weight excluding hydrogens is 388 g/mol. The number of hydrogen-bond donors (Lipinski definition) is 2. The number of benzene rings is 1. The lowest BCUT2D eigenvalue weighted by molar-refractivity contribution is -0.266. The van der Waals surface area contributed by atoms with Crippen molar-refractivity contribution >= 4 is 10.9 Å². The highest BCUT2D eigenvalue weighted by molar-refractivity contribution is 5.82. The molecule has 0 spiro atoms. The lowest BCUT2D eigenvalue weighted by Gasteiger charge is -2.38. The first kappa shape index (κ1) is 21.1. The highest BCUT2D eigenvalue weighted by Gasteiger charge is 2.56. The van der Waals surface area contributed by atoms with Crippen LogP contribution in [0.2, 0.25) is 0 Å². The summed E-state index contributed by atoms with van der Waals surface area (Å²) < 4.78 is 61.1. The summed E-state index contributed by atoms with van der Waals surface area (Å²) in [5.41, 5.74) is -3.11. The number of nitrogens with zero attached hydrogens (tertiary/aromatic N) is 1. The van der Waals surface area contributed by atoms with Crippen LogP contribution in [0.1, 0.15) is 31.4 Å². The first-order valence-electron chi connectivity index (χ1n) is 9.00. The Balaban J connectivity index is 2.02. The maximum absolute atomic E-state index is 14.0. The predicted octanol–water partition coefficient (Wildman–Crippen LogP) is 4.91. The van der Waals surface area contributed by atoms with Crippen molar-refractivity contribution in [3.8, 4) is 5.75 Å². The molecule has 1 atom stereocenters. The number of rotatable bonds is 6. The Bertz CT molecular complexity index is 1010. The van der Waals surface area contributed by atoms with Crippen LogP contribution >= 0.6 is 0 Å². The van der Waals surface area contributed by atoms with Gasteiger partial charge in [0.15, 0.2) is 5.60 Å². The SMILES string of the molecule is COc1ccc(F)cc1C(C)(C)CC(O)(Cc1c[nH]c2cnccc12)C(F)(F)F. The zero-order chi connectivity index (χ0) is 21.4. The maximum atomic E-state index is 14.0. The summed E-state index contributed by atoms with van der Waals surface area (Å²) in [5, 5.41) is 11.4. The van der Waals surface area contributed by atoms with Crippen molar-refractivity contribution in [2.45, 2.75) is 43.9 Å². The minimum absolute atomic E-state index is 0.255. The minimum atomic E-state index is -4.90. The number of aromatic amines is 1. The van der Waals surface area contributed by atoms with Gasteiger partial charge >= 0.3 is 6.18 Å². The number of aliphatic hydroxyl groups is 1. The number of nitrogens with one attached hydrogen (secondary N) is 1. The third kappa shape index (κ3) is 4.07. The normalized spacial score (nSPS) is 14.8. The second-order valence-corrected chi connectivity index (χ2v) is 7.85. The van der Waals surface area contributed by atoms with Crippen LogP contribution in [0.5, 0.6) is 5.75 Å². The van der Waals surface area contributed by atoms with Crippen molar-refractivity contribution in [1.29, 1.82) is 0 Å². The van der Waals surface area contributed by atoms with Gasteiger partial charge in [-0.15, -0.1) is 0 Å². The van der Waals surface area contributed by atoms with Gasteiger partial charge in [0.2, 0.25) is 0 Å². The van der Waals surface area contributed by atoms with Gasteiger partial charge in [-0.2, -0.15) is 13.2 Å². The van der Waals surface area contributed by atoms with E-state index < -0.39 is 35.9 Å². The fraction of sp³-hybridized carbons (Fsp3) is 0.381. The molecule has 0 bridgehead atoms. The van der Waals surface area contributed by atoms with E-state index in [1.165, 1.54) is 51.7 Å². The molecule has 2 heterocycles. The number of fused-ring (bicyclic) bond motifs is 1. The average molecular weight is 410 g/mol. The summed E-state index contributed by atoms with van der Waals surface area (Å²) in [6, 6.07) is 5.28. The van der Waals surface area contributed by atoms with Crippen molar-refractivity contribution < 1.29 is 27.4 Å². The van der Waals surface area contributed by atoms with Gasteiger partial charge in [0.1, 0.15) is 11.6 Å². The number of hydrogen-bond acceptors (Lipinski definition) is 3. The van der Waals surface area contributed by atoms with Crippen LogP contribution in [0.4, 0.5) is 17.6 Å². The lowest BCUT2D eigenvalue weighted by atomic mass is 9.72. The van der Waals surface area contributed by atoms with E-state index in [1.54, 1.807) is 6.07 Å². The molecule has 2 aromatic heterocycles. The Morgan fingerprint density at radius 1 is 1.17 bits per heavy atom. The second-order valence-electron chi connectivity index (χ2n) is 7.85. The molecule has 0 saturated carbocycles. The first-order chi connectivity index (χ1) is 13.5. The minimum Gasteiger partial charge on any atom is -0.496 e. The van der Waals surface area contributed by atoms with Crippen LogP contribution in [0.3, 0.4) is 0 Å². The molecule has 2 N–H and O–H groups in total. The zero-order valence-corrected chi connectivity index (χ0v) is 16.3. The number of alkyl halides is 3. The van der Waals surface area contributed by atoms with Crippen LogP contribution < -0.4 is 4.74 Å². The fourth-order valence-corrected chi connectivity index (χ4v) is 3.79. The van der Waals surface area contributed by atoms with Gasteiger partial charge in [-0.05, 0) is 41.7 Å². The Labute approximate surface area is 165 Å². The number of aromatic nitrogens is 2. The van der Waals surface area contributed by atoms with Gasteiger partial charge in [0.25, 0.3) is 0 Å². The average Bonchev–Trinajstić information content (AvgIpc) is 3.03. The smallest absolute Gasteiger partial charge is 0.417 e. The summed E-state index contributed by atoms with van der Waals surface area (Å²) in [7, 11) is 1.36. The van der Waals surface area contributed by atoms with Crippen LogP contribution in [0, 0.1) is 5.82 Å². The molecule has 3 aromatic rings. The van der Waals surface area contributed by atoms with Gasteiger partial charge in [0, 0.05) is 29.8 Å². The monoisotopic (exact) mass is 410 g/mol. The molecule has 0 amide bonds. The second kappa shape index (κ2) is 7.33.